The monoisotopic (exact) mass is 452 g/mol. The van der Waals surface area contributed by atoms with Gasteiger partial charge >= 0.3 is 0 Å². The Hall–Kier alpha value is -3.28. The van der Waals surface area contributed by atoms with E-state index in [0.717, 1.165) is 5.56 Å². The molecule has 0 fully saturated rings. The normalized spacial score (nSPS) is 13.1. The number of halogens is 2. The second-order valence-electron chi connectivity index (χ2n) is 6.93. The molecule has 0 saturated carbocycles. The minimum absolute atomic E-state index is 0.0177. The first-order chi connectivity index (χ1) is 15.0. The molecule has 0 aromatic heterocycles. The third-order valence-corrected chi connectivity index (χ3v) is 5.29. The Kier molecular flexibility index (Phi) is 6.26. The average Bonchev–Trinajstić information content (AvgIpc) is 2.76. The lowest BCUT2D eigenvalue weighted by atomic mass is 10.1. The van der Waals surface area contributed by atoms with Gasteiger partial charge in [0.05, 0.1) is 12.2 Å². The van der Waals surface area contributed by atoms with E-state index in [0.29, 0.717) is 39.3 Å². The van der Waals surface area contributed by atoms with Gasteiger partial charge in [-0.25, -0.2) is 0 Å². The molecule has 31 heavy (non-hydrogen) atoms. The topological polar surface area (TPSA) is 58.6 Å². The highest BCUT2D eigenvalue weighted by Gasteiger charge is 2.26. The standard InChI is InChI=1S/C24H18Cl2N2O3/c25-18-8-6-17(20(26)12-18)7-11-23(29)27-19-9-10-22-21(13-19)28(24(30)15-31-22)14-16-4-2-1-3-5-16/h1-13H,14-15H2,(H,27,29)/b11-7+. The number of nitrogens with zero attached hydrogens (tertiary/aromatic N) is 1. The highest BCUT2D eigenvalue weighted by molar-refractivity contribution is 6.35. The second kappa shape index (κ2) is 9.25. The highest BCUT2D eigenvalue weighted by atomic mass is 35.5. The van der Waals surface area contributed by atoms with Crippen molar-refractivity contribution in [2.75, 3.05) is 16.8 Å². The fourth-order valence-electron chi connectivity index (χ4n) is 3.21. The summed E-state index contributed by atoms with van der Waals surface area (Å²) >= 11 is 12.0. The van der Waals surface area contributed by atoms with Crippen LogP contribution in [-0.4, -0.2) is 18.4 Å². The van der Waals surface area contributed by atoms with Crippen molar-refractivity contribution in [2.45, 2.75) is 6.54 Å². The van der Waals surface area contributed by atoms with Gasteiger partial charge in [-0.1, -0.05) is 59.6 Å². The quantitative estimate of drug-likeness (QED) is 0.514. The molecule has 0 saturated heterocycles. The number of amides is 2. The van der Waals surface area contributed by atoms with E-state index in [1.165, 1.54) is 6.08 Å². The summed E-state index contributed by atoms with van der Waals surface area (Å²) in [6.07, 6.45) is 3.00. The summed E-state index contributed by atoms with van der Waals surface area (Å²) in [5.74, 6) is 0.123. The van der Waals surface area contributed by atoms with Gasteiger partial charge in [0.1, 0.15) is 5.75 Å². The van der Waals surface area contributed by atoms with E-state index in [-0.39, 0.29) is 18.4 Å². The molecule has 1 aliphatic heterocycles. The largest absolute Gasteiger partial charge is 0.482 e. The number of carbonyl (C=O) groups excluding carboxylic acids is 2. The lowest BCUT2D eigenvalue weighted by molar-refractivity contribution is -0.121. The zero-order valence-corrected chi connectivity index (χ0v) is 17.9. The van der Waals surface area contributed by atoms with Gasteiger partial charge in [0, 0.05) is 21.8 Å². The van der Waals surface area contributed by atoms with Crippen molar-refractivity contribution in [3.8, 4) is 5.75 Å². The van der Waals surface area contributed by atoms with Crippen molar-refractivity contribution < 1.29 is 14.3 Å². The molecule has 0 atom stereocenters. The number of hydrogen-bond acceptors (Lipinski definition) is 3. The number of anilines is 2. The van der Waals surface area contributed by atoms with Gasteiger partial charge in [0.15, 0.2) is 6.61 Å². The van der Waals surface area contributed by atoms with Crippen LogP contribution in [-0.2, 0) is 16.1 Å². The number of carbonyl (C=O) groups is 2. The Bertz CT molecular complexity index is 1160. The van der Waals surface area contributed by atoms with Gasteiger partial charge in [-0.15, -0.1) is 0 Å². The average molecular weight is 453 g/mol. The predicted molar refractivity (Wildman–Crippen MR) is 124 cm³/mol. The van der Waals surface area contributed by atoms with Gasteiger partial charge in [-0.05, 0) is 47.5 Å². The Labute approximate surface area is 189 Å². The van der Waals surface area contributed by atoms with Crippen LogP contribution in [0.4, 0.5) is 11.4 Å². The minimum Gasteiger partial charge on any atom is -0.482 e. The van der Waals surface area contributed by atoms with E-state index in [4.69, 9.17) is 27.9 Å². The first kappa shape index (κ1) is 21.0. The van der Waals surface area contributed by atoms with Crippen molar-refractivity contribution in [2.24, 2.45) is 0 Å². The van der Waals surface area contributed by atoms with Crippen molar-refractivity contribution in [3.05, 3.63) is 94.0 Å². The molecular weight excluding hydrogens is 435 g/mol. The van der Waals surface area contributed by atoms with Crippen LogP contribution in [0.2, 0.25) is 10.0 Å². The number of ether oxygens (including phenoxy) is 1. The third kappa shape index (κ3) is 5.08. The van der Waals surface area contributed by atoms with Crippen LogP contribution in [0.15, 0.2) is 72.8 Å². The number of fused-ring (bicyclic) bond motifs is 1. The SMILES string of the molecule is O=C(/C=C/c1ccc(Cl)cc1Cl)Nc1ccc2c(c1)N(Cc1ccccc1)C(=O)CO2. The van der Waals surface area contributed by atoms with E-state index in [1.807, 2.05) is 30.3 Å². The van der Waals surface area contributed by atoms with Crippen LogP contribution in [0.25, 0.3) is 6.08 Å². The molecule has 3 aromatic carbocycles. The number of benzene rings is 3. The minimum atomic E-state index is -0.330. The second-order valence-corrected chi connectivity index (χ2v) is 7.77. The van der Waals surface area contributed by atoms with Crippen LogP contribution < -0.4 is 15.0 Å². The van der Waals surface area contributed by atoms with E-state index in [1.54, 1.807) is 47.4 Å². The predicted octanol–water partition coefficient (Wildman–Crippen LogP) is 5.57. The van der Waals surface area contributed by atoms with Crippen molar-refractivity contribution in [1.29, 1.82) is 0 Å². The molecule has 1 aliphatic rings. The Morgan fingerprint density at radius 1 is 1.06 bits per heavy atom. The van der Waals surface area contributed by atoms with Gasteiger partial charge in [-0.2, -0.15) is 0 Å². The van der Waals surface area contributed by atoms with Gasteiger partial charge in [0.25, 0.3) is 5.91 Å². The van der Waals surface area contributed by atoms with Crippen LogP contribution in [0.3, 0.4) is 0 Å². The summed E-state index contributed by atoms with van der Waals surface area (Å²) in [5.41, 5.74) is 2.84. The molecule has 1 N–H and O–H groups in total. The first-order valence-electron chi connectivity index (χ1n) is 9.55. The van der Waals surface area contributed by atoms with Crippen molar-refractivity contribution in [1.82, 2.24) is 0 Å². The van der Waals surface area contributed by atoms with E-state index < -0.39 is 0 Å². The third-order valence-electron chi connectivity index (χ3n) is 4.73. The molecule has 0 aliphatic carbocycles. The molecule has 0 radical (unpaired) electrons. The zero-order chi connectivity index (χ0) is 21.8. The van der Waals surface area contributed by atoms with Crippen molar-refractivity contribution in [3.63, 3.8) is 0 Å². The molecule has 0 spiro atoms. The van der Waals surface area contributed by atoms with Crippen molar-refractivity contribution >= 4 is 52.5 Å². The van der Waals surface area contributed by atoms with Gasteiger partial charge < -0.3 is 15.0 Å². The molecule has 4 rings (SSSR count). The summed E-state index contributed by atoms with van der Waals surface area (Å²) in [4.78, 5) is 26.5. The number of nitrogens with one attached hydrogen (secondary N) is 1. The van der Waals surface area contributed by atoms with Crippen LogP contribution in [0.1, 0.15) is 11.1 Å². The Morgan fingerprint density at radius 2 is 1.87 bits per heavy atom. The summed E-state index contributed by atoms with van der Waals surface area (Å²) in [5, 5.41) is 3.79. The number of rotatable bonds is 5. The lowest BCUT2D eigenvalue weighted by Gasteiger charge is -2.30. The smallest absolute Gasteiger partial charge is 0.265 e. The van der Waals surface area contributed by atoms with Crippen LogP contribution in [0, 0.1) is 0 Å². The molecule has 5 nitrogen and oxygen atoms in total. The van der Waals surface area contributed by atoms with Gasteiger partial charge in [-0.3, -0.25) is 9.59 Å². The van der Waals surface area contributed by atoms with Crippen LogP contribution >= 0.6 is 23.2 Å². The molecule has 156 valence electrons. The van der Waals surface area contributed by atoms with Gasteiger partial charge in [0.2, 0.25) is 5.91 Å². The fraction of sp³-hybridized carbons (Fsp3) is 0.0833. The zero-order valence-electron chi connectivity index (χ0n) is 16.3. The molecule has 7 heteroatoms. The summed E-state index contributed by atoms with van der Waals surface area (Å²) in [6.45, 7) is 0.401. The van der Waals surface area contributed by atoms with E-state index in [9.17, 15) is 9.59 Å². The summed E-state index contributed by atoms with van der Waals surface area (Å²) in [6, 6.07) is 20.0. The Balaban J connectivity index is 1.52. The molecular formula is C24H18Cl2N2O3. The van der Waals surface area contributed by atoms with E-state index in [2.05, 4.69) is 5.32 Å². The fourth-order valence-corrected chi connectivity index (χ4v) is 3.68. The molecule has 2 amide bonds. The maximum Gasteiger partial charge on any atom is 0.265 e. The molecule has 0 bridgehead atoms. The first-order valence-corrected chi connectivity index (χ1v) is 10.3. The lowest BCUT2D eigenvalue weighted by Crippen LogP contribution is -2.38. The maximum atomic E-state index is 12.5. The van der Waals surface area contributed by atoms with Crippen LogP contribution in [0.5, 0.6) is 5.75 Å². The van der Waals surface area contributed by atoms with E-state index >= 15 is 0 Å². The molecule has 0 unspecified atom stereocenters. The molecule has 3 aromatic rings. The number of hydrogen-bond donors (Lipinski definition) is 1. The summed E-state index contributed by atoms with van der Waals surface area (Å²) < 4.78 is 5.55. The summed E-state index contributed by atoms with van der Waals surface area (Å²) in [7, 11) is 0. The molecule has 1 heterocycles. The maximum absolute atomic E-state index is 12.5. The highest BCUT2D eigenvalue weighted by Crippen LogP contribution is 2.35. The Morgan fingerprint density at radius 3 is 2.65 bits per heavy atom.